The summed E-state index contributed by atoms with van der Waals surface area (Å²) < 4.78 is 0. The van der Waals surface area contributed by atoms with Crippen LogP contribution in [0.4, 0.5) is 91.0 Å². The summed E-state index contributed by atoms with van der Waals surface area (Å²) in [6.45, 7) is 31.0. The van der Waals surface area contributed by atoms with E-state index in [0.717, 1.165) is 112 Å². The molecule has 0 aromatic heterocycles. The lowest BCUT2D eigenvalue weighted by Crippen LogP contribution is -2.11. The average molecular weight is 1200 g/mol. The minimum Gasteiger partial charge on any atom is -0.311 e. The summed E-state index contributed by atoms with van der Waals surface area (Å²) in [7, 11) is 0. The first kappa shape index (κ1) is 58.5. The van der Waals surface area contributed by atoms with E-state index in [0.29, 0.717) is 45.0 Å². The van der Waals surface area contributed by atoms with Crippen LogP contribution < -0.4 is 19.6 Å². The van der Waals surface area contributed by atoms with Crippen LogP contribution in [0, 0.1) is 71.6 Å². The van der Waals surface area contributed by atoms with Crippen molar-refractivity contribution in [2.45, 2.75) is 0 Å². The van der Waals surface area contributed by atoms with E-state index < -0.39 is 0 Å². The van der Waals surface area contributed by atoms with Crippen molar-refractivity contribution >= 4 is 113 Å². The highest BCUT2D eigenvalue weighted by Gasteiger charge is 2.24. The van der Waals surface area contributed by atoms with Crippen LogP contribution in [0.25, 0.3) is 63.2 Å². The molecule has 12 heteroatoms. The molecular formula is C82H46N12. The number of benzene rings is 13. The third-order valence-corrected chi connectivity index (χ3v) is 16.4. The fourth-order valence-electron chi connectivity index (χ4n) is 11.9. The van der Waals surface area contributed by atoms with Crippen molar-refractivity contribution in [3.8, 4) is 46.5 Å². The molecule has 94 heavy (non-hydrogen) atoms. The smallest absolute Gasteiger partial charge is 0.187 e. The van der Waals surface area contributed by atoms with Gasteiger partial charge in [0.1, 0.15) is 0 Å². The number of anilines is 12. The van der Waals surface area contributed by atoms with Crippen molar-refractivity contribution in [2.75, 3.05) is 19.6 Å². The molecular weight excluding hydrogens is 1150 g/mol. The van der Waals surface area contributed by atoms with E-state index in [1.54, 1.807) is 97.1 Å². The van der Waals surface area contributed by atoms with Gasteiger partial charge in [-0.3, -0.25) is 0 Å². The molecule has 0 heterocycles. The zero-order valence-corrected chi connectivity index (χ0v) is 49.9. The molecule has 13 aromatic rings. The average Bonchev–Trinajstić information content (AvgIpc) is 0.724. The first-order chi connectivity index (χ1) is 46.2. The van der Waals surface area contributed by atoms with E-state index in [1.165, 1.54) is 0 Å². The Bertz CT molecular complexity index is 4830. The van der Waals surface area contributed by atoms with Gasteiger partial charge in [-0.1, -0.05) is 84.9 Å². The second-order valence-corrected chi connectivity index (χ2v) is 21.8. The van der Waals surface area contributed by atoms with Crippen LogP contribution in [0.2, 0.25) is 0 Å². The van der Waals surface area contributed by atoms with Crippen molar-refractivity contribution in [1.82, 2.24) is 0 Å². The summed E-state index contributed by atoms with van der Waals surface area (Å²) in [5, 5.41) is 43.1. The molecule has 0 radical (unpaired) electrons. The van der Waals surface area contributed by atoms with Crippen LogP contribution in [0.1, 0.15) is 22.3 Å². The van der Waals surface area contributed by atoms with E-state index in [2.05, 4.69) is 148 Å². The quantitative estimate of drug-likeness (QED) is 0.0778. The zero-order chi connectivity index (χ0) is 64.7. The highest BCUT2D eigenvalue weighted by atomic mass is 15.2. The number of hydrogen-bond donors (Lipinski definition) is 0. The fourth-order valence-corrected chi connectivity index (χ4v) is 11.9. The SMILES string of the molecule is [C-]#[N+]c1ccc(N(c2ccc(C#N)cc2)c2ccc(-c3c4ccc(N(c5ccc([N+]#[C-])cc5)c5ccc([N+]#[C-])cc5)cc4c(-c4ccc(N(c5ccc(C#N)cc5)c5ccc([N+]#[C-])cc5)cc4)c4ccc(N(c5ccc(C#N)cc5)c5ccc(C#N)cc5)cc34)cc2)cc1. The molecule has 13 aromatic carbocycles. The van der Waals surface area contributed by atoms with Gasteiger partial charge in [0.15, 0.2) is 22.7 Å². The summed E-state index contributed by atoms with van der Waals surface area (Å²) in [6.07, 6.45) is 0. The van der Waals surface area contributed by atoms with Crippen molar-refractivity contribution in [3.05, 3.63) is 347 Å². The molecule has 0 spiro atoms. The predicted octanol–water partition coefficient (Wildman–Crippen LogP) is 22.9. The number of fused-ring (bicyclic) bond motifs is 2. The van der Waals surface area contributed by atoms with E-state index in [1.807, 2.05) is 97.1 Å². The standard InChI is InChI=1S/C82H46N12/c1-87-61-17-37-71(38-18-61)91(65-25-5-55(51-83)6-26-65)69-33-13-59(14-34-69)81-78-48-46-76(94(73-41-21-63(89-3)22-42-73)74-43-23-64(90-4)24-44-74)50-80(78)82(60-15-35-70(36-16-60)92(66-27-7-56(52-84)8-28-66)72-39-19-62(88-2)20-40-72)77-47-45-75(49-79(77)81)93(67-29-9-57(53-85)10-30-67)68-31-11-58(54-86)12-32-68/h5-50H. The maximum Gasteiger partial charge on any atom is 0.187 e. The van der Waals surface area contributed by atoms with Gasteiger partial charge >= 0.3 is 0 Å². The van der Waals surface area contributed by atoms with Crippen LogP contribution in [0.15, 0.2) is 279 Å². The maximum atomic E-state index is 9.95. The summed E-state index contributed by atoms with van der Waals surface area (Å²) in [4.78, 5) is 23.1. The van der Waals surface area contributed by atoms with Crippen LogP contribution in [0.3, 0.4) is 0 Å². The number of rotatable bonds is 14. The van der Waals surface area contributed by atoms with Gasteiger partial charge < -0.3 is 19.6 Å². The summed E-state index contributed by atoms with van der Waals surface area (Å²) >= 11 is 0. The first-order valence-corrected chi connectivity index (χ1v) is 29.6. The minimum absolute atomic E-state index is 0.492. The second-order valence-electron chi connectivity index (χ2n) is 21.8. The summed E-state index contributed by atoms with van der Waals surface area (Å²) in [5.41, 5.74) is 17.3. The summed E-state index contributed by atoms with van der Waals surface area (Å²) in [6, 6.07) is 98.1. The highest BCUT2D eigenvalue weighted by Crippen LogP contribution is 2.50. The molecule has 0 saturated carbocycles. The van der Waals surface area contributed by atoms with Crippen LogP contribution >= 0.6 is 0 Å². The molecule has 434 valence electrons. The van der Waals surface area contributed by atoms with Crippen molar-refractivity contribution in [1.29, 1.82) is 21.0 Å². The molecule has 0 amide bonds. The van der Waals surface area contributed by atoms with E-state index >= 15 is 0 Å². The lowest BCUT2D eigenvalue weighted by molar-refractivity contribution is 1.28. The Hall–Kier alpha value is -14.5. The highest BCUT2D eigenvalue weighted by molar-refractivity contribution is 6.23. The topological polar surface area (TPSA) is 126 Å². The Morgan fingerprint density at radius 1 is 0.213 bits per heavy atom. The Morgan fingerprint density at radius 3 is 0.596 bits per heavy atom. The largest absolute Gasteiger partial charge is 0.311 e. The molecule has 0 unspecified atom stereocenters. The van der Waals surface area contributed by atoms with E-state index in [9.17, 15) is 21.0 Å². The Labute approximate surface area is 543 Å². The molecule has 0 fully saturated rings. The van der Waals surface area contributed by atoms with Crippen LogP contribution in [0.5, 0.6) is 0 Å². The van der Waals surface area contributed by atoms with Crippen molar-refractivity contribution in [3.63, 3.8) is 0 Å². The lowest BCUT2D eigenvalue weighted by Gasteiger charge is -2.29. The van der Waals surface area contributed by atoms with Gasteiger partial charge in [0.2, 0.25) is 0 Å². The monoisotopic (exact) mass is 1200 g/mol. The van der Waals surface area contributed by atoms with Crippen molar-refractivity contribution in [2.24, 2.45) is 0 Å². The molecule has 0 atom stereocenters. The number of hydrogen-bond acceptors (Lipinski definition) is 8. The van der Waals surface area contributed by atoms with E-state index in [-0.39, 0.29) is 0 Å². The lowest BCUT2D eigenvalue weighted by atomic mass is 9.85. The normalized spacial score (nSPS) is 10.5. The molecule has 0 aliphatic heterocycles. The van der Waals surface area contributed by atoms with Gasteiger partial charge in [-0.05, 0) is 238 Å². The summed E-state index contributed by atoms with van der Waals surface area (Å²) in [5.74, 6) is 0. The molecule has 0 aliphatic rings. The molecule has 13 rings (SSSR count). The van der Waals surface area contributed by atoms with Gasteiger partial charge in [-0.25, -0.2) is 19.4 Å². The molecule has 0 saturated heterocycles. The Morgan fingerprint density at radius 2 is 0.394 bits per heavy atom. The molecule has 12 nitrogen and oxygen atoms in total. The van der Waals surface area contributed by atoms with Crippen LogP contribution in [-0.4, -0.2) is 0 Å². The van der Waals surface area contributed by atoms with E-state index in [4.69, 9.17) is 26.3 Å². The Balaban J connectivity index is 1.10. The molecule has 0 bridgehead atoms. The van der Waals surface area contributed by atoms with Gasteiger partial charge in [-0.2, -0.15) is 21.0 Å². The van der Waals surface area contributed by atoms with Crippen molar-refractivity contribution < 1.29 is 0 Å². The molecule has 0 N–H and O–H groups in total. The second kappa shape index (κ2) is 25.7. The number of nitriles is 4. The van der Waals surface area contributed by atoms with Gasteiger partial charge in [0.25, 0.3) is 0 Å². The third kappa shape index (κ3) is 11.4. The van der Waals surface area contributed by atoms with Gasteiger partial charge in [0, 0.05) is 68.2 Å². The Kier molecular flexibility index (Phi) is 16.0. The minimum atomic E-state index is 0.492. The predicted molar refractivity (Wildman–Crippen MR) is 375 cm³/mol. The fraction of sp³-hybridized carbons (Fsp3) is 0. The van der Waals surface area contributed by atoms with Crippen LogP contribution in [-0.2, 0) is 0 Å². The zero-order valence-electron chi connectivity index (χ0n) is 49.9. The first-order valence-electron chi connectivity index (χ1n) is 29.6. The van der Waals surface area contributed by atoms with Gasteiger partial charge in [-0.15, -0.1) is 0 Å². The van der Waals surface area contributed by atoms with Gasteiger partial charge in [0.05, 0.1) is 72.8 Å². The molecule has 0 aliphatic carbocycles. The number of nitrogens with zero attached hydrogens (tertiary/aromatic N) is 12. The maximum absolute atomic E-state index is 9.95. The third-order valence-electron chi connectivity index (χ3n) is 16.4.